The normalized spacial score (nSPS) is 17.8. The van der Waals surface area contributed by atoms with Crippen molar-refractivity contribution < 1.29 is 19.0 Å². The number of hydrogen-bond acceptors (Lipinski definition) is 5. The third-order valence-corrected chi connectivity index (χ3v) is 8.60. The van der Waals surface area contributed by atoms with Gasteiger partial charge in [0.15, 0.2) is 0 Å². The van der Waals surface area contributed by atoms with Gasteiger partial charge in [0.2, 0.25) is 0 Å². The van der Waals surface area contributed by atoms with Crippen molar-refractivity contribution in [3.05, 3.63) is 93.6 Å². The number of nitrogens with one attached hydrogen (secondary N) is 1. The Labute approximate surface area is 256 Å². The molecule has 2 aliphatic heterocycles. The number of carbonyl (C=O) groups is 1. The van der Waals surface area contributed by atoms with Crippen LogP contribution in [-0.4, -0.2) is 66.9 Å². The van der Waals surface area contributed by atoms with E-state index in [4.69, 9.17) is 37.4 Å². The van der Waals surface area contributed by atoms with Crippen LogP contribution in [0.3, 0.4) is 0 Å². The Morgan fingerprint density at radius 1 is 0.905 bits per heavy atom. The third kappa shape index (κ3) is 6.55. The molecule has 0 bridgehead atoms. The smallest absolute Gasteiger partial charge is 0.416 e. The number of nitrogens with zero attached hydrogens (tertiary/aromatic N) is 2. The summed E-state index contributed by atoms with van der Waals surface area (Å²) in [6, 6.07) is 20.2. The number of rotatable bonds is 8. The van der Waals surface area contributed by atoms with E-state index in [2.05, 4.69) is 16.9 Å². The van der Waals surface area contributed by atoms with Gasteiger partial charge in [0.05, 0.1) is 19.3 Å². The minimum atomic E-state index is -0.422. The van der Waals surface area contributed by atoms with Gasteiger partial charge in [0.25, 0.3) is 0 Å². The number of benzene rings is 3. The van der Waals surface area contributed by atoms with E-state index < -0.39 is 6.09 Å². The van der Waals surface area contributed by atoms with Crippen LogP contribution >= 0.6 is 23.2 Å². The second kappa shape index (κ2) is 13.0. The average Bonchev–Trinajstić information content (AvgIpc) is 3.37. The van der Waals surface area contributed by atoms with Gasteiger partial charge in [-0.2, -0.15) is 0 Å². The zero-order chi connectivity index (χ0) is 29.1. The number of carbonyl (C=O) groups excluding carboxylic acids is 1. The van der Waals surface area contributed by atoms with Gasteiger partial charge in [-0.25, -0.2) is 4.79 Å². The molecule has 1 atom stereocenters. The fraction of sp³-hybridized carbons (Fsp3) is 0.364. The number of fused-ring (bicyclic) bond motifs is 3. The minimum Gasteiger partial charge on any atom is -0.494 e. The molecule has 1 amide bonds. The molecule has 2 aliphatic rings. The van der Waals surface area contributed by atoms with Crippen molar-refractivity contribution in [2.24, 2.45) is 0 Å². The maximum Gasteiger partial charge on any atom is 0.416 e. The number of aromatic nitrogens is 1. The number of amides is 1. The van der Waals surface area contributed by atoms with Crippen LogP contribution in [0.1, 0.15) is 42.1 Å². The Morgan fingerprint density at radius 3 is 2.38 bits per heavy atom. The summed E-state index contributed by atoms with van der Waals surface area (Å²) in [6.07, 6.45) is 3.64. The van der Waals surface area contributed by atoms with Crippen LogP contribution in [0.25, 0.3) is 10.9 Å². The third-order valence-electron chi connectivity index (χ3n) is 8.11. The monoisotopic (exact) mass is 607 g/mol. The number of hydrogen-bond donors (Lipinski definition) is 1. The molecule has 4 aromatic rings. The highest BCUT2D eigenvalue weighted by atomic mass is 35.5. The van der Waals surface area contributed by atoms with Crippen molar-refractivity contribution >= 4 is 40.2 Å². The van der Waals surface area contributed by atoms with Gasteiger partial charge < -0.3 is 24.1 Å². The summed E-state index contributed by atoms with van der Waals surface area (Å²) in [5, 5.41) is 2.35. The Morgan fingerprint density at radius 2 is 1.62 bits per heavy atom. The maximum atomic E-state index is 13.5. The summed E-state index contributed by atoms with van der Waals surface area (Å²) >= 11 is 12.4. The van der Waals surface area contributed by atoms with Crippen molar-refractivity contribution in [3.8, 4) is 11.5 Å². The Hall–Kier alpha value is -3.23. The summed E-state index contributed by atoms with van der Waals surface area (Å²) < 4.78 is 17.8. The number of ether oxygens (including phenoxy) is 3. The molecule has 7 nitrogen and oxygen atoms in total. The van der Waals surface area contributed by atoms with Gasteiger partial charge >= 0.3 is 6.09 Å². The molecular weight excluding hydrogens is 573 g/mol. The number of aromatic amines is 1. The molecule has 1 fully saturated rings. The summed E-state index contributed by atoms with van der Waals surface area (Å²) in [7, 11) is 2.16. The van der Waals surface area contributed by atoms with Crippen LogP contribution in [0.2, 0.25) is 10.0 Å². The lowest BCUT2D eigenvalue weighted by Gasteiger charge is -2.35. The summed E-state index contributed by atoms with van der Waals surface area (Å²) in [6.45, 7) is 3.98. The SMILES string of the molecule is CN1CCC(OCCCOc2ccc(C3c4[nH]c5ccc(Cl)cc5c4CCN3C(=O)Oc3ccc(Cl)cc3)cc2)CC1. The first-order valence-corrected chi connectivity index (χ1v) is 15.3. The topological polar surface area (TPSA) is 67.0 Å². The first kappa shape index (κ1) is 28.9. The Bertz CT molecular complexity index is 1520. The van der Waals surface area contributed by atoms with Crippen LogP contribution in [0.5, 0.6) is 11.5 Å². The quantitative estimate of drug-likeness (QED) is 0.210. The molecule has 220 valence electrons. The molecule has 9 heteroatoms. The highest BCUT2D eigenvalue weighted by Gasteiger charge is 2.35. The van der Waals surface area contributed by atoms with Crippen molar-refractivity contribution in [1.29, 1.82) is 0 Å². The molecule has 1 aromatic heterocycles. The Kier molecular flexibility index (Phi) is 8.91. The molecule has 1 unspecified atom stereocenters. The first-order chi connectivity index (χ1) is 20.4. The standard InChI is InChI=1S/C33H35Cl2N3O4/c1-37-16-13-26(14-17-37)41-20-2-19-40-25-8-3-22(4-9-25)32-31-28(29-21-24(35)7-12-30(29)36-31)15-18-38(32)33(39)42-27-10-5-23(34)6-11-27/h3-12,21,26,32,36H,2,13-20H2,1H3. The van der Waals surface area contributed by atoms with E-state index in [9.17, 15) is 4.79 Å². The van der Waals surface area contributed by atoms with Gasteiger partial charge in [-0.15, -0.1) is 0 Å². The molecule has 0 spiro atoms. The van der Waals surface area contributed by atoms with Crippen LogP contribution in [0.4, 0.5) is 4.79 Å². The predicted molar refractivity (Wildman–Crippen MR) is 166 cm³/mol. The number of H-pyrrole nitrogens is 1. The molecule has 1 saturated heterocycles. The van der Waals surface area contributed by atoms with E-state index in [0.29, 0.717) is 48.1 Å². The van der Waals surface area contributed by atoms with Crippen LogP contribution in [0.15, 0.2) is 66.7 Å². The maximum absolute atomic E-state index is 13.5. The van der Waals surface area contributed by atoms with E-state index in [1.54, 1.807) is 29.2 Å². The second-order valence-corrected chi connectivity index (χ2v) is 11.9. The highest BCUT2D eigenvalue weighted by Crippen LogP contribution is 2.40. The number of halogens is 2. The van der Waals surface area contributed by atoms with Gasteiger partial charge in [-0.1, -0.05) is 35.3 Å². The van der Waals surface area contributed by atoms with Crippen LogP contribution in [-0.2, 0) is 11.2 Å². The molecule has 6 rings (SSSR count). The van der Waals surface area contributed by atoms with Crippen molar-refractivity contribution in [3.63, 3.8) is 0 Å². The summed E-state index contributed by atoms with van der Waals surface area (Å²) in [5.74, 6) is 1.23. The van der Waals surface area contributed by atoms with Gasteiger partial charge in [-0.3, -0.25) is 4.90 Å². The van der Waals surface area contributed by atoms with Gasteiger partial charge in [-0.05, 0) is 92.0 Å². The lowest BCUT2D eigenvalue weighted by atomic mass is 9.92. The molecule has 3 aromatic carbocycles. The van der Waals surface area contributed by atoms with Crippen molar-refractivity contribution in [2.45, 2.75) is 37.8 Å². The van der Waals surface area contributed by atoms with Crippen molar-refractivity contribution in [2.75, 3.05) is 39.9 Å². The first-order valence-electron chi connectivity index (χ1n) is 14.5. The van der Waals surface area contributed by atoms with Gasteiger partial charge in [0, 0.05) is 52.7 Å². The Balaban J connectivity index is 1.17. The van der Waals surface area contributed by atoms with Crippen LogP contribution in [0, 0.1) is 0 Å². The largest absolute Gasteiger partial charge is 0.494 e. The second-order valence-electron chi connectivity index (χ2n) is 11.0. The lowest BCUT2D eigenvalue weighted by Crippen LogP contribution is -2.42. The highest BCUT2D eigenvalue weighted by molar-refractivity contribution is 6.31. The molecule has 42 heavy (non-hydrogen) atoms. The predicted octanol–water partition coefficient (Wildman–Crippen LogP) is 7.50. The molecule has 0 saturated carbocycles. The molecule has 0 aliphatic carbocycles. The van der Waals surface area contributed by atoms with E-state index in [-0.39, 0.29) is 6.04 Å². The van der Waals surface area contributed by atoms with Gasteiger partial charge in [0.1, 0.15) is 17.5 Å². The fourth-order valence-electron chi connectivity index (χ4n) is 5.86. The number of likely N-dealkylation sites (tertiary alicyclic amines) is 1. The molecular formula is C33H35Cl2N3O4. The molecule has 1 N–H and O–H groups in total. The zero-order valence-corrected chi connectivity index (χ0v) is 25.2. The zero-order valence-electron chi connectivity index (χ0n) is 23.7. The van der Waals surface area contributed by atoms with E-state index >= 15 is 0 Å². The average molecular weight is 609 g/mol. The van der Waals surface area contributed by atoms with E-state index in [1.165, 1.54) is 0 Å². The van der Waals surface area contributed by atoms with E-state index in [1.807, 2.05) is 42.5 Å². The summed E-state index contributed by atoms with van der Waals surface area (Å²) in [5.41, 5.74) is 4.08. The molecule has 0 radical (unpaired) electrons. The molecule has 3 heterocycles. The summed E-state index contributed by atoms with van der Waals surface area (Å²) in [4.78, 5) is 21.2. The fourth-order valence-corrected chi connectivity index (χ4v) is 6.16. The minimum absolute atomic E-state index is 0.357. The lowest BCUT2D eigenvalue weighted by molar-refractivity contribution is 0.00784. The van der Waals surface area contributed by atoms with Crippen molar-refractivity contribution in [1.82, 2.24) is 14.8 Å². The number of piperidine rings is 1. The van der Waals surface area contributed by atoms with E-state index in [0.717, 1.165) is 65.8 Å². The van der Waals surface area contributed by atoms with Crippen LogP contribution < -0.4 is 9.47 Å².